The molecule has 1 aromatic rings. The van der Waals surface area contributed by atoms with Crippen LogP contribution in [0.4, 0.5) is 4.79 Å². The highest BCUT2D eigenvalue weighted by atomic mass is 16.5. The minimum absolute atomic E-state index is 0.0313. The van der Waals surface area contributed by atoms with Crippen LogP contribution >= 0.6 is 0 Å². The van der Waals surface area contributed by atoms with E-state index in [2.05, 4.69) is 4.74 Å². The smallest absolute Gasteiger partial charge is 0.409 e. The number of carbonyl (C=O) groups excluding carboxylic acids is 1. The van der Waals surface area contributed by atoms with Crippen LogP contribution in [0.5, 0.6) is 11.5 Å². The quantitative estimate of drug-likeness (QED) is 0.628. The second kappa shape index (κ2) is 2.92. The Morgan fingerprint density at radius 3 is 2.82 bits per heavy atom. The third-order valence-electron chi connectivity index (χ3n) is 1.04. The van der Waals surface area contributed by atoms with E-state index in [0.717, 1.165) is 0 Å². The van der Waals surface area contributed by atoms with Crippen LogP contribution in [0.15, 0.2) is 24.3 Å². The van der Waals surface area contributed by atoms with Crippen molar-refractivity contribution in [2.24, 2.45) is 5.73 Å². The lowest BCUT2D eigenvalue weighted by Crippen LogP contribution is -2.15. The van der Waals surface area contributed by atoms with E-state index in [9.17, 15) is 4.79 Å². The Hall–Kier alpha value is -1.71. The van der Waals surface area contributed by atoms with Gasteiger partial charge in [-0.2, -0.15) is 0 Å². The molecule has 3 N–H and O–H groups in total. The van der Waals surface area contributed by atoms with Crippen molar-refractivity contribution in [2.45, 2.75) is 0 Å². The number of phenolic OH excluding ortho intramolecular Hbond substituents is 1. The van der Waals surface area contributed by atoms with Gasteiger partial charge in [-0.15, -0.1) is 0 Å². The Kier molecular flexibility index (Phi) is 1.96. The summed E-state index contributed by atoms with van der Waals surface area (Å²) in [6.07, 6.45) is -0.893. The average molecular weight is 153 g/mol. The molecule has 1 rings (SSSR count). The molecule has 0 spiro atoms. The highest BCUT2D eigenvalue weighted by Crippen LogP contribution is 2.17. The number of rotatable bonds is 1. The number of aromatic hydroxyl groups is 1. The number of hydrogen-bond donors (Lipinski definition) is 2. The highest BCUT2D eigenvalue weighted by molar-refractivity contribution is 5.68. The number of benzene rings is 1. The van der Waals surface area contributed by atoms with Gasteiger partial charge in [0.2, 0.25) is 0 Å². The molecule has 0 bridgehead atoms. The molecule has 0 unspecified atom stereocenters. The van der Waals surface area contributed by atoms with Gasteiger partial charge in [-0.1, -0.05) is 6.07 Å². The third kappa shape index (κ3) is 2.17. The Balaban J connectivity index is 2.79. The summed E-state index contributed by atoms with van der Waals surface area (Å²) in [7, 11) is 0. The van der Waals surface area contributed by atoms with Crippen LogP contribution in [-0.4, -0.2) is 11.2 Å². The van der Waals surface area contributed by atoms with E-state index >= 15 is 0 Å². The van der Waals surface area contributed by atoms with Gasteiger partial charge < -0.3 is 15.6 Å². The Labute approximate surface area is 63.2 Å². The van der Waals surface area contributed by atoms with Crippen LogP contribution in [0.3, 0.4) is 0 Å². The lowest BCUT2D eigenvalue weighted by molar-refractivity contribution is 0.211. The fourth-order valence-electron chi connectivity index (χ4n) is 0.663. The number of ether oxygens (including phenoxy) is 1. The van der Waals surface area contributed by atoms with E-state index in [-0.39, 0.29) is 11.5 Å². The average Bonchev–Trinajstić information content (AvgIpc) is 1.85. The van der Waals surface area contributed by atoms with E-state index in [1.807, 2.05) is 0 Å². The molecule has 0 saturated heterocycles. The molecule has 0 saturated carbocycles. The lowest BCUT2D eigenvalue weighted by atomic mass is 10.3. The second-order valence-corrected chi connectivity index (χ2v) is 1.92. The first-order valence-corrected chi connectivity index (χ1v) is 2.95. The summed E-state index contributed by atoms with van der Waals surface area (Å²) < 4.78 is 4.47. The van der Waals surface area contributed by atoms with Gasteiger partial charge in [-0.25, -0.2) is 4.79 Å². The van der Waals surface area contributed by atoms with Crippen LogP contribution in [0, 0.1) is 0 Å². The number of phenols is 1. The third-order valence-corrected chi connectivity index (χ3v) is 1.04. The van der Waals surface area contributed by atoms with Gasteiger partial charge in [0.1, 0.15) is 11.5 Å². The summed E-state index contributed by atoms with van der Waals surface area (Å²) in [5, 5.41) is 8.89. The summed E-state index contributed by atoms with van der Waals surface area (Å²) >= 11 is 0. The van der Waals surface area contributed by atoms with Crippen molar-refractivity contribution >= 4 is 6.09 Å². The molecule has 0 aliphatic carbocycles. The van der Waals surface area contributed by atoms with Crippen LogP contribution in [0.25, 0.3) is 0 Å². The number of nitrogens with two attached hydrogens (primary N) is 1. The van der Waals surface area contributed by atoms with Crippen LogP contribution in [-0.2, 0) is 0 Å². The van der Waals surface area contributed by atoms with Gasteiger partial charge in [-0.3, -0.25) is 0 Å². The van der Waals surface area contributed by atoms with Gasteiger partial charge in [0.25, 0.3) is 0 Å². The van der Waals surface area contributed by atoms with Gasteiger partial charge in [0, 0.05) is 6.07 Å². The molecule has 0 aliphatic rings. The number of amides is 1. The van der Waals surface area contributed by atoms with Crippen LogP contribution in [0.1, 0.15) is 0 Å². The minimum atomic E-state index is -0.893. The molecule has 0 radical (unpaired) electrons. The van der Waals surface area contributed by atoms with Crippen molar-refractivity contribution in [1.82, 2.24) is 0 Å². The number of hydrogen-bond acceptors (Lipinski definition) is 3. The van der Waals surface area contributed by atoms with E-state index in [4.69, 9.17) is 10.8 Å². The van der Waals surface area contributed by atoms with Crippen molar-refractivity contribution in [2.75, 3.05) is 0 Å². The zero-order valence-electron chi connectivity index (χ0n) is 5.65. The largest absolute Gasteiger partial charge is 0.508 e. The topological polar surface area (TPSA) is 72.6 Å². The van der Waals surface area contributed by atoms with Gasteiger partial charge >= 0.3 is 6.09 Å². The summed E-state index contributed by atoms with van der Waals surface area (Å²) in [5.41, 5.74) is 4.73. The Morgan fingerprint density at radius 1 is 1.55 bits per heavy atom. The van der Waals surface area contributed by atoms with Crippen LogP contribution < -0.4 is 10.5 Å². The molecule has 0 fully saturated rings. The zero-order valence-corrected chi connectivity index (χ0v) is 5.65. The maximum Gasteiger partial charge on any atom is 0.409 e. The standard InChI is InChI=1S/C7H7NO3/c8-7(10)11-6-3-1-2-5(9)4-6/h1-4,9H,(H2,8,10). The van der Waals surface area contributed by atoms with Crippen molar-refractivity contribution in [3.63, 3.8) is 0 Å². The second-order valence-electron chi connectivity index (χ2n) is 1.92. The molecule has 4 nitrogen and oxygen atoms in total. The summed E-state index contributed by atoms with van der Waals surface area (Å²) in [5.74, 6) is 0.265. The highest BCUT2D eigenvalue weighted by Gasteiger charge is 1.97. The summed E-state index contributed by atoms with van der Waals surface area (Å²) in [6.45, 7) is 0. The fraction of sp³-hybridized carbons (Fsp3) is 0. The molecule has 0 atom stereocenters. The predicted octanol–water partition coefficient (Wildman–Crippen LogP) is 0.850. The van der Waals surface area contributed by atoms with Crippen molar-refractivity contribution < 1.29 is 14.6 Å². The summed E-state index contributed by atoms with van der Waals surface area (Å²) in [4.78, 5) is 10.2. The fourth-order valence-corrected chi connectivity index (χ4v) is 0.663. The molecule has 11 heavy (non-hydrogen) atoms. The first-order valence-electron chi connectivity index (χ1n) is 2.95. The predicted molar refractivity (Wildman–Crippen MR) is 38.3 cm³/mol. The molecule has 1 aromatic carbocycles. The monoisotopic (exact) mass is 153 g/mol. The van der Waals surface area contributed by atoms with Crippen molar-refractivity contribution in [3.8, 4) is 11.5 Å². The van der Waals surface area contributed by atoms with E-state index in [1.165, 1.54) is 18.2 Å². The summed E-state index contributed by atoms with van der Waals surface area (Å²) in [6, 6.07) is 5.83. The molecule has 0 heterocycles. The molecule has 0 aromatic heterocycles. The molecule has 0 aliphatic heterocycles. The van der Waals surface area contributed by atoms with E-state index in [0.29, 0.717) is 0 Å². The molecule has 4 heteroatoms. The molecule has 58 valence electrons. The van der Waals surface area contributed by atoms with Gasteiger partial charge in [0.15, 0.2) is 0 Å². The number of primary amides is 1. The Morgan fingerprint density at radius 2 is 2.27 bits per heavy atom. The van der Waals surface area contributed by atoms with E-state index in [1.54, 1.807) is 6.07 Å². The zero-order chi connectivity index (χ0) is 8.27. The van der Waals surface area contributed by atoms with Crippen LogP contribution in [0.2, 0.25) is 0 Å². The molecule has 1 amide bonds. The van der Waals surface area contributed by atoms with Gasteiger partial charge in [-0.05, 0) is 12.1 Å². The SMILES string of the molecule is NC(=O)Oc1cccc(O)c1. The minimum Gasteiger partial charge on any atom is -0.508 e. The first kappa shape index (κ1) is 7.40. The lowest BCUT2D eigenvalue weighted by Gasteiger charge is -1.99. The maximum atomic E-state index is 10.2. The van der Waals surface area contributed by atoms with Crippen molar-refractivity contribution in [3.05, 3.63) is 24.3 Å². The van der Waals surface area contributed by atoms with Gasteiger partial charge in [0.05, 0.1) is 0 Å². The normalized spacial score (nSPS) is 9.09. The maximum absolute atomic E-state index is 10.2. The Bertz CT molecular complexity index is 272. The molecular weight excluding hydrogens is 146 g/mol. The van der Waals surface area contributed by atoms with E-state index < -0.39 is 6.09 Å². The van der Waals surface area contributed by atoms with Crippen molar-refractivity contribution in [1.29, 1.82) is 0 Å². The molecular formula is C7H7NO3. The first-order chi connectivity index (χ1) is 5.18. The number of carbonyl (C=O) groups is 1.